The van der Waals surface area contributed by atoms with Crippen molar-refractivity contribution < 1.29 is 9.47 Å². The third-order valence-corrected chi connectivity index (χ3v) is 3.72. The first-order valence-electron chi connectivity index (χ1n) is 5.55. The van der Waals surface area contributed by atoms with E-state index in [-0.39, 0.29) is 0 Å². The van der Waals surface area contributed by atoms with Crippen molar-refractivity contribution in [2.24, 2.45) is 0 Å². The minimum absolute atomic E-state index is 0.808. The van der Waals surface area contributed by atoms with Crippen molar-refractivity contribution in [3.63, 3.8) is 0 Å². The first-order chi connectivity index (χ1) is 8.24. The Morgan fingerprint density at radius 3 is 2.71 bits per heavy atom. The van der Waals surface area contributed by atoms with E-state index in [4.69, 9.17) is 9.47 Å². The van der Waals surface area contributed by atoms with E-state index in [0.717, 1.165) is 35.5 Å². The molecule has 0 bridgehead atoms. The van der Waals surface area contributed by atoms with Gasteiger partial charge in [0.05, 0.1) is 18.7 Å². The molecule has 0 aliphatic carbocycles. The maximum absolute atomic E-state index is 5.33. The third kappa shape index (κ3) is 2.75. The van der Waals surface area contributed by atoms with Gasteiger partial charge >= 0.3 is 0 Å². The molecule has 17 heavy (non-hydrogen) atoms. The van der Waals surface area contributed by atoms with Crippen molar-refractivity contribution in [1.29, 1.82) is 0 Å². The molecule has 3 nitrogen and oxygen atoms in total. The average Bonchev–Trinajstić information content (AvgIpc) is 2.84. The van der Waals surface area contributed by atoms with Gasteiger partial charge in [0.15, 0.2) is 0 Å². The molecule has 0 spiro atoms. The van der Waals surface area contributed by atoms with Crippen molar-refractivity contribution in [2.75, 3.05) is 20.8 Å². The molecule has 0 aromatic heterocycles. The molecule has 2 rings (SSSR count). The molecular formula is C13H16BrNO2. The Morgan fingerprint density at radius 1 is 1.29 bits per heavy atom. The van der Waals surface area contributed by atoms with Gasteiger partial charge in [-0.2, -0.15) is 0 Å². The van der Waals surface area contributed by atoms with Gasteiger partial charge in [0.2, 0.25) is 0 Å². The summed E-state index contributed by atoms with van der Waals surface area (Å²) in [5.41, 5.74) is 1.17. The number of benzene rings is 1. The summed E-state index contributed by atoms with van der Waals surface area (Å²) in [6.07, 6.45) is 5.45. The lowest BCUT2D eigenvalue weighted by Crippen LogP contribution is -2.14. The fraction of sp³-hybridized carbons (Fsp3) is 0.385. The van der Waals surface area contributed by atoms with Gasteiger partial charge in [-0.1, -0.05) is 6.08 Å². The fourth-order valence-corrected chi connectivity index (χ4v) is 2.41. The fourth-order valence-electron chi connectivity index (χ4n) is 1.90. The van der Waals surface area contributed by atoms with Gasteiger partial charge in [0, 0.05) is 19.2 Å². The number of ether oxygens (including phenoxy) is 2. The number of methoxy groups -OCH3 is 2. The molecule has 0 saturated heterocycles. The first-order valence-corrected chi connectivity index (χ1v) is 6.35. The first kappa shape index (κ1) is 12.3. The Hall–Kier alpha value is -1.16. The highest BCUT2D eigenvalue weighted by Gasteiger charge is 2.13. The molecule has 1 aliphatic heterocycles. The summed E-state index contributed by atoms with van der Waals surface area (Å²) < 4.78 is 11.6. The van der Waals surface area contributed by atoms with E-state index in [9.17, 15) is 0 Å². The Morgan fingerprint density at radius 2 is 2.12 bits per heavy atom. The zero-order valence-corrected chi connectivity index (χ0v) is 11.7. The number of rotatable bonds is 4. The molecule has 1 aromatic carbocycles. The molecule has 1 heterocycles. The zero-order chi connectivity index (χ0) is 12.3. The van der Waals surface area contributed by atoms with Crippen LogP contribution in [0.25, 0.3) is 0 Å². The summed E-state index contributed by atoms with van der Waals surface area (Å²) in [6.45, 7) is 1.94. The molecule has 1 aliphatic rings. The SMILES string of the molecule is COc1cc(CN2C=CCC2)c(Br)c(OC)c1. The number of nitrogens with zero attached hydrogens (tertiary/aromatic N) is 1. The number of halogens is 1. The van der Waals surface area contributed by atoms with Gasteiger partial charge in [0.25, 0.3) is 0 Å². The van der Waals surface area contributed by atoms with E-state index in [1.807, 2.05) is 12.1 Å². The summed E-state index contributed by atoms with van der Waals surface area (Å²) in [5, 5.41) is 0. The Labute approximate surface area is 110 Å². The van der Waals surface area contributed by atoms with E-state index >= 15 is 0 Å². The predicted molar refractivity (Wildman–Crippen MR) is 71.4 cm³/mol. The minimum atomic E-state index is 0.808. The summed E-state index contributed by atoms with van der Waals surface area (Å²) in [6, 6.07) is 3.92. The molecule has 0 N–H and O–H groups in total. The molecule has 0 saturated carbocycles. The van der Waals surface area contributed by atoms with Gasteiger partial charge < -0.3 is 14.4 Å². The van der Waals surface area contributed by atoms with Crippen LogP contribution in [0.4, 0.5) is 0 Å². The summed E-state index contributed by atoms with van der Waals surface area (Å²) in [4.78, 5) is 2.28. The van der Waals surface area contributed by atoms with Crippen LogP contribution in [0.5, 0.6) is 11.5 Å². The van der Waals surface area contributed by atoms with E-state index < -0.39 is 0 Å². The van der Waals surface area contributed by atoms with Gasteiger partial charge in [-0.3, -0.25) is 0 Å². The van der Waals surface area contributed by atoms with Crippen LogP contribution in [0.2, 0.25) is 0 Å². The maximum atomic E-state index is 5.33. The largest absolute Gasteiger partial charge is 0.497 e. The normalized spacial score (nSPS) is 14.2. The van der Waals surface area contributed by atoms with Gasteiger partial charge in [-0.15, -0.1) is 0 Å². The van der Waals surface area contributed by atoms with Gasteiger partial charge in [0.1, 0.15) is 11.5 Å². The maximum Gasteiger partial charge on any atom is 0.137 e. The molecule has 0 amide bonds. The Bertz CT molecular complexity index is 432. The van der Waals surface area contributed by atoms with Gasteiger partial charge in [-0.05, 0) is 40.2 Å². The standard InChI is InChI=1S/C13H16BrNO2/c1-16-11-7-10(9-15-5-3-4-6-15)13(14)12(8-11)17-2/h3,5,7-8H,4,6,9H2,1-2H3. The smallest absolute Gasteiger partial charge is 0.137 e. The lowest BCUT2D eigenvalue weighted by atomic mass is 10.2. The van der Waals surface area contributed by atoms with E-state index in [1.165, 1.54) is 5.56 Å². The van der Waals surface area contributed by atoms with E-state index in [0.29, 0.717) is 0 Å². The monoisotopic (exact) mass is 297 g/mol. The third-order valence-electron chi connectivity index (χ3n) is 2.82. The van der Waals surface area contributed by atoms with Crippen molar-refractivity contribution in [3.05, 3.63) is 34.4 Å². The Kier molecular flexibility index (Phi) is 3.94. The summed E-state index contributed by atoms with van der Waals surface area (Å²) in [5.74, 6) is 1.63. The molecular weight excluding hydrogens is 282 g/mol. The van der Waals surface area contributed by atoms with Crippen LogP contribution in [0.3, 0.4) is 0 Å². The lowest BCUT2D eigenvalue weighted by Gasteiger charge is -2.18. The quantitative estimate of drug-likeness (QED) is 0.852. The molecule has 92 valence electrons. The van der Waals surface area contributed by atoms with Crippen molar-refractivity contribution >= 4 is 15.9 Å². The molecule has 0 atom stereocenters. The van der Waals surface area contributed by atoms with Crippen LogP contribution in [0, 0.1) is 0 Å². The second-order valence-electron chi connectivity index (χ2n) is 3.95. The van der Waals surface area contributed by atoms with Crippen LogP contribution in [0.15, 0.2) is 28.9 Å². The van der Waals surface area contributed by atoms with Crippen LogP contribution < -0.4 is 9.47 Å². The molecule has 0 fully saturated rings. The molecule has 1 aromatic rings. The summed E-state index contributed by atoms with van der Waals surface area (Å²) >= 11 is 3.58. The predicted octanol–water partition coefficient (Wildman–Crippen LogP) is 3.19. The highest BCUT2D eigenvalue weighted by atomic mass is 79.9. The topological polar surface area (TPSA) is 21.7 Å². The Balaban J connectivity index is 2.27. The second-order valence-corrected chi connectivity index (χ2v) is 4.74. The average molecular weight is 298 g/mol. The number of hydrogen-bond donors (Lipinski definition) is 0. The highest BCUT2D eigenvalue weighted by molar-refractivity contribution is 9.10. The van der Waals surface area contributed by atoms with E-state index in [1.54, 1.807) is 14.2 Å². The lowest BCUT2D eigenvalue weighted by molar-refractivity contribution is 0.379. The van der Waals surface area contributed by atoms with Crippen molar-refractivity contribution in [3.8, 4) is 11.5 Å². The van der Waals surface area contributed by atoms with E-state index in [2.05, 4.69) is 33.1 Å². The molecule has 0 unspecified atom stereocenters. The summed E-state index contributed by atoms with van der Waals surface area (Å²) in [7, 11) is 3.33. The van der Waals surface area contributed by atoms with Crippen LogP contribution in [-0.4, -0.2) is 25.7 Å². The number of hydrogen-bond acceptors (Lipinski definition) is 3. The molecule has 0 radical (unpaired) electrons. The van der Waals surface area contributed by atoms with Gasteiger partial charge in [-0.25, -0.2) is 0 Å². The minimum Gasteiger partial charge on any atom is -0.497 e. The zero-order valence-electron chi connectivity index (χ0n) is 10.1. The highest BCUT2D eigenvalue weighted by Crippen LogP contribution is 2.34. The van der Waals surface area contributed by atoms with Crippen LogP contribution in [0.1, 0.15) is 12.0 Å². The van der Waals surface area contributed by atoms with Crippen LogP contribution >= 0.6 is 15.9 Å². The van der Waals surface area contributed by atoms with Crippen molar-refractivity contribution in [1.82, 2.24) is 4.90 Å². The second kappa shape index (κ2) is 5.45. The van der Waals surface area contributed by atoms with Crippen molar-refractivity contribution in [2.45, 2.75) is 13.0 Å². The molecule has 4 heteroatoms. The van der Waals surface area contributed by atoms with Crippen LogP contribution in [-0.2, 0) is 6.54 Å².